The van der Waals surface area contributed by atoms with Crippen molar-refractivity contribution in [2.24, 2.45) is 0 Å². The summed E-state index contributed by atoms with van der Waals surface area (Å²) in [6.07, 6.45) is 1.34. The molecule has 5 nitrogen and oxygen atoms in total. The van der Waals surface area contributed by atoms with Crippen molar-refractivity contribution in [3.63, 3.8) is 0 Å². The van der Waals surface area contributed by atoms with Crippen LogP contribution in [0.2, 0.25) is 0 Å². The van der Waals surface area contributed by atoms with E-state index in [2.05, 4.69) is 5.32 Å². The maximum absolute atomic E-state index is 13.7. The highest BCUT2D eigenvalue weighted by Crippen LogP contribution is 2.20. The molecule has 0 heterocycles. The molecule has 0 bridgehead atoms. The van der Waals surface area contributed by atoms with Crippen molar-refractivity contribution in [1.82, 2.24) is 4.31 Å². The van der Waals surface area contributed by atoms with Crippen LogP contribution in [0.15, 0.2) is 47.4 Å². The number of sulfonamides is 1. The quantitative estimate of drug-likeness (QED) is 0.733. The lowest BCUT2D eigenvalue weighted by Crippen LogP contribution is -2.32. The van der Waals surface area contributed by atoms with E-state index in [1.165, 1.54) is 28.6 Å². The molecule has 0 fully saturated rings. The number of benzene rings is 2. The second-order valence-corrected chi connectivity index (χ2v) is 7.95. The summed E-state index contributed by atoms with van der Waals surface area (Å²) in [4.78, 5) is 12.4. The first-order chi connectivity index (χ1) is 12.8. The van der Waals surface area contributed by atoms with Crippen molar-refractivity contribution in [1.29, 1.82) is 0 Å². The standard InChI is InChI=1S/C19H22F2N2O3S/c1-3-10-23(11-4-2)27(25,26)16-7-5-6-14(12-16)19(24)22-18-9-8-15(20)13-17(18)21/h5-9,12-13H,3-4,10-11H2,1-2H3,(H,22,24). The lowest BCUT2D eigenvalue weighted by molar-refractivity contribution is 0.102. The van der Waals surface area contributed by atoms with Crippen molar-refractivity contribution < 1.29 is 22.0 Å². The van der Waals surface area contributed by atoms with Crippen LogP contribution in [0, 0.1) is 11.6 Å². The average molecular weight is 396 g/mol. The van der Waals surface area contributed by atoms with E-state index in [1.807, 2.05) is 13.8 Å². The van der Waals surface area contributed by atoms with E-state index in [0.29, 0.717) is 32.0 Å². The number of amides is 1. The molecule has 0 aliphatic heterocycles. The highest BCUT2D eigenvalue weighted by molar-refractivity contribution is 7.89. The highest BCUT2D eigenvalue weighted by Gasteiger charge is 2.24. The van der Waals surface area contributed by atoms with E-state index in [-0.39, 0.29) is 16.1 Å². The Hall–Kier alpha value is -2.32. The molecule has 0 spiro atoms. The molecule has 0 aliphatic rings. The summed E-state index contributed by atoms with van der Waals surface area (Å²) in [6, 6.07) is 8.34. The van der Waals surface area contributed by atoms with Crippen LogP contribution >= 0.6 is 0 Å². The molecule has 2 aromatic rings. The highest BCUT2D eigenvalue weighted by atomic mass is 32.2. The molecule has 27 heavy (non-hydrogen) atoms. The van der Waals surface area contributed by atoms with Crippen LogP contribution in [-0.4, -0.2) is 31.7 Å². The van der Waals surface area contributed by atoms with Gasteiger partial charge in [-0.1, -0.05) is 19.9 Å². The molecule has 1 amide bonds. The number of anilines is 1. The van der Waals surface area contributed by atoms with Gasteiger partial charge in [-0.05, 0) is 43.2 Å². The molecule has 0 aromatic heterocycles. The van der Waals surface area contributed by atoms with Gasteiger partial charge < -0.3 is 5.32 Å². The van der Waals surface area contributed by atoms with Gasteiger partial charge >= 0.3 is 0 Å². The normalized spacial score (nSPS) is 11.6. The van der Waals surface area contributed by atoms with E-state index in [9.17, 15) is 22.0 Å². The van der Waals surface area contributed by atoms with Crippen molar-refractivity contribution in [3.05, 3.63) is 59.7 Å². The fourth-order valence-corrected chi connectivity index (χ4v) is 4.25. The second-order valence-electron chi connectivity index (χ2n) is 6.01. The van der Waals surface area contributed by atoms with Gasteiger partial charge in [0.05, 0.1) is 10.6 Å². The third-order valence-corrected chi connectivity index (χ3v) is 5.75. The largest absolute Gasteiger partial charge is 0.319 e. The third-order valence-electron chi connectivity index (χ3n) is 3.86. The Morgan fingerprint density at radius 2 is 1.70 bits per heavy atom. The van der Waals surface area contributed by atoms with E-state index in [0.717, 1.165) is 12.1 Å². The molecular formula is C19H22F2N2O3S. The van der Waals surface area contributed by atoms with Gasteiger partial charge in [-0.3, -0.25) is 4.79 Å². The van der Waals surface area contributed by atoms with E-state index in [4.69, 9.17) is 0 Å². The summed E-state index contributed by atoms with van der Waals surface area (Å²) in [5.41, 5.74) is -0.124. The molecule has 0 aliphatic carbocycles. The predicted octanol–water partition coefficient (Wildman–Crippen LogP) is 4.03. The summed E-state index contributed by atoms with van der Waals surface area (Å²) in [6.45, 7) is 4.54. The lowest BCUT2D eigenvalue weighted by Gasteiger charge is -2.21. The van der Waals surface area contributed by atoms with Crippen molar-refractivity contribution in [2.75, 3.05) is 18.4 Å². The Morgan fingerprint density at radius 3 is 2.30 bits per heavy atom. The minimum absolute atomic E-state index is 0.00312. The first kappa shape index (κ1) is 21.0. The number of hydrogen-bond acceptors (Lipinski definition) is 3. The van der Waals surface area contributed by atoms with Crippen LogP contribution in [0.3, 0.4) is 0 Å². The smallest absolute Gasteiger partial charge is 0.255 e. The van der Waals surface area contributed by atoms with Crippen LogP contribution in [0.1, 0.15) is 37.0 Å². The minimum Gasteiger partial charge on any atom is -0.319 e. The van der Waals surface area contributed by atoms with Crippen molar-refractivity contribution in [3.8, 4) is 0 Å². The fourth-order valence-electron chi connectivity index (χ4n) is 2.58. The number of carbonyl (C=O) groups excluding carboxylic acids is 1. The zero-order valence-corrected chi connectivity index (χ0v) is 16.0. The third kappa shape index (κ3) is 5.11. The number of halogens is 2. The number of nitrogens with one attached hydrogen (secondary N) is 1. The Kier molecular flexibility index (Phi) is 7.04. The SMILES string of the molecule is CCCN(CCC)S(=O)(=O)c1cccc(C(=O)Nc2ccc(F)cc2F)c1. The predicted molar refractivity (Wildman–Crippen MR) is 100 cm³/mol. The van der Waals surface area contributed by atoms with Gasteiger partial charge in [-0.25, -0.2) is 17.2 Å². The Balaban J connectivity index is 2.29. The van der Waals surface area contributed by atoms with Crippen LogP contribution in [-0.2, 0) is 10.0 Å². The lowest BCUT2D eigenvalue weighted by atomic mass is 10.2. The van der Waals surface area contributed by atoms with Gasteiger partial charge in [0.25, 0.3) is 5.91 Å². The van der Waals surface area contributed by atoms with Gasteiger partial charge in [0.1, 0.15) is 11.6 Å². The van der Waals surface area contributed by atoms with Gasteiger partial charge in [-0.2, -0.15) is 4.31 Å². The molecule has 0 saturated heterocycles. The number of nitrogens with zero attached hydrogens (tertiary/aromatic N) is 1. The number of rotatable bonds is 8. The summed E-state index contributed by atoms with van der Waals surface area (Å²) in [5.74, 6) is -2.36. The molecule has 2 aromatic carbocycles. The summed E-state index contributed by atoms with van der Waals surface area (Å²) < 4.78 is 53.7. The van der Waals surface area contributed by atoms with Gasteiger partial charge in [-0.15, -0.1) is 0 Å². The van der Waals surface area contributed by atoms with Gasteiger partial charge in [0.2, 0.25) is 10.0 Å². The average Bonchev–Trinajstić information content (AvgIpc) is 2.64. The molecule has 146 valence electrons. The summed E-state index contributed by atoms with van der Waals surface area (Å²) in [7, 11) is -3.74. The Bertz CT molecular complexity index is 911. The first-order valence-electron chi connectivity index (χ1n) is 8.66. The molecule has 0 atom stereocenters. The zero-order chi connectivity index (χ0) is 20.0. The summed E-state index contributed by atoms with van der Waals surface area (Å²) >= 11 is 0. The molecule has 0 unspecified atom stereocenters. The van der Waals surface area contributed by atoms with Gasteiger partial charge in [0, 0.05) is 24.7 Å². The maximum atomic E-state index is 13.7. The van der Waals surface area contributed by atoms with E-state index >= 15 is 0 Å². The molecular weight excluding hydrogens is 374 g/mol. The topological polar surface area (TPSA) is 66.5 Å². The molecule has 8 heteroatoms. The van der Waals surface area contributed by atoms with E-state index < -0.39 is 27.6 Å². The first-order valence-corrected chi connectivity index (χ1v) is 10.1. The molecule has 2 rings (SSSR count). The maximum Gasteiger partial charge on any atom is 0.255 e. The fraction of sp³-hybridized carbons (Fsp3) is 0.316. The Labute approximate surface area is 158 Å². The Morgan fingerprint density at radius 1 is 1.04 bits per heavy atom. The number of hydrogen-bond donors (Lipinski definition) is 1. The van der Waals surface area contributed by atoms with Crippen molar-refractivity contribution in [2.45, 2.75) is 31.6 Å². The molecule has 0 saturated carbocycles. The number of carbonyl (C=O) groups is 1. The van der Waals surface area contributed by atoms with E-state index in [1.54, 1.807) is 0 Å². The monoisotopic (exact) mass is 396 g/mol. The van der Waals surface area contributed by atoms with Crippen LogP contribution < -0.4 is 5.32 Å². The second kappa shape index (κ2) is 9.05. The van der Waals surface area contributed by atoms with Crippen LogP contribution in [0.25, 0.3) is 0 Å². The van der Waals surface area contributed by atoms with Crippen LogP contribution in [0.5, 0.6) is 0 Å². The summed E-state index contributed by atoms with van der Waals surface area (Å²) in [5, 5.41) is 2.32. The zero-order valence-electron chi connectivity index (χ0n) is 15.2. The van der Waals surface area contributed by atoms with Gasteiger partial charge in [0.15, 0.2) is 0 Å². The molecule has 1 N–H and O–H groups in total. The van der Waals surface area contributed by atoms with Crippen LogP contribution in [0.4, 0.5) is 14.5 Å². The minimum atomic E-state index is -3.74. The molecule has 0 radical (unpaired) electrons. The van der Waals surface area contributed by atoms with Crippen molar-refractivity contribution >= 4 is 21.6 Å².